The Morgan fingerprint density at radius 1 is 1.17 bits per heavy atom. The molecule has 126 valence electrons. The Kier molecular flexibility index (Phi) is 5.43. The van der Waals surface area contributed by atoms with Crippen LogP contribution in [0.1, 0.15) is 24.8 Å². The molecule has 1 saturated heterocycles. The van der Waals surface area contributed by atoms with Crippen molar-refractivity contribution in [1.29, 1.82) is 0 Å². The average molecular weight is 326 g/mol. The van der Waals surface area contributed by atoms with Crippen LogP contribution in [0.5, 0.6) is 11.5 Å². The zero-order valence-corrected chi connectivity index (χ0v) is 14.2. The largest absolute Gasteiger partial charge is 0.493 e. The molecule has 0 aromatic heterocycles. The van der Waals surface area contributed by atoms with Gasteiger partial charge in [-0.3, -0.25) is 0 Å². The van der Waals surface area contributed by atoms with Crippen molar-refractivity contribution in [3.8, 4) is 22.6 Å². The van der Waals surface area contributed by atoms with Crippen molar-refractivity contribution in [1.82, 2.24) is 0 Å². The van der Waals surface area contributed by atoms with Gasteiger partial charge < -0.3 is 19.2 Å². The molecule has 3 rings (SSSR count). The summed E-state index contributed by atoms with van der Waals surface area (Å²) in [5, 5.41) is 9.57. The van der Waals surface area contributed by atoms with Gasteiger partial charge in [0.25, 0.3) is 0 Å². The zero-order chi connectivity index (χ0) is 16.9. The van der Waals surface area contributed by atoms with Gasteiger partial charge >= 0.3 is 7.12 Å². The Morgan fingerprint density at radius 2 is 2.00 bits per heavy atom. The quantitative estimate of drug-likeness (QED) is 0.822. The highest BCUT2D eigenvalue weighted by Crippen LogP contribution is 2.35. The molecule has 5 heteroatoms. The lowest BCUT2D eigenvalue weighted by atomic mass is 9.79. The van der Waals surface area contributed by atoms with Gasteiger partial charge in [0.05, 0.1) is 13.7 Å². The Morgan fingerprint density at radius 3 is 2.71 bits per heavy atom. The van der Waals surface area contributed by atoms with Crippen LogP contribution < -0.4 is 9.47 Å². The lowest BCUT2D eigenvalue weighted by Gasteiger charge is -2.14. The summed E-state index contributed by atoms with van der Waals surface area (Å²) in [5.41, 5.74) is 3.40. The predicted molar refractivity (Wildman–Crippen MR) is 95.7 cm³/mol. The van der Waals surface area contributed by atoms with Gasteiger partial charge in [-0.25, -0.2) is 0 Å². The van der Waals surface area contributed by atoms with Crippen LogP contribution in [0.4, 0.5) is 0 Å². The summed E-state index contributed by atoms with van der Waals surface area (Å²) in [6, 6.07) is 14.4. The van der Waals surface area contributed by atoms with Crippen LogP contribution in [0.25, 0.3) is 11.1 Å². The summed E-state index contributed by atoms with van der Waals surface area (Å²) in [7, 11) is 1.01. The smallest absolute Gasteiger partial charge is 0.454 e. The van der Waals surface area contributed by atoms with Gasteiger partial charge in [0.15, 0.2) is 11.5 Å². The molecule has 1 aliphatic heterocycles. The maximum absolute atomic E-state index is 9.57. The van der Waals surface area contributed by atoms with Gasteiger partial charge in [0.1, 0.15) is 0 Å². The summed E-state index contributed by atoms with van der Waals surface area (Å²) in [5.74, 6) is 1.76. The van der Waals surface area contributed by atoms with Crippen LogP contribution in [-0.4, -0.2) is 32.5 Å². The first-order chi connectivity index (χ1) is 11.7. The molecule has 1 atom stereocenters. The fourth-order valence-corrected chi connectivity index (χ4v) is 2.99. The topological polar surface area (TPSA) is 47.9 Å². The molecular weight excluding hydrogens is 303 g/mol. The van der Waals surface area contributed by atoms with E-state index in [0.717, 1.165) is 29.0 Å². The van der Waals surface area contributed by atoms with E-state index in [2.05, 4.69) is 25.1 Å². The third-order valence-corrected chi connectivity index (χ3v) is 4.29. The van der Waals surface area contributed by atoms with Gasteiger partial charge in [-0.15, -0.1) is 0 Å². The molecule has 2 aromatic rings. The summed E-state index contributed by atoms with van der Waals surface area (Å²) in [6.45, 7) is 3.31. The minimum Gasteiger partial charge on any atom is -0.493 e. The molecule has 2 aromatic carbocycles. The monoisotopic (exact) mass is 326 g/mol. The van der Waals surface area contributed by atoms with Gasteiger partial charge in [0.2, 0.25) is 0 Å². The van der Waals surface area contributed by atoms with Crippen molar-refractivity contribution in [3.63, 3.8) is 0 Å². The van der Waals surface area contributed by atoms with E-state index in [0.29, 0.717) is 19.5 Å². The highest BCUT2D eigenvalue weighted by Gasteiger charge is 2.29. The molecular formula is C19H23BO4. The molecule has 0 amide bonds. The predicted octanol–water partition coefficient (Wildman–Crippen LogP) is 3.75. The van der Waals surface area contributed by atoms with E-state index in [9.17, 15) is 5.02 Å². The van der Waals surface area contributed by atoms with E-state index < -0.39 is 7.12 Å². The fourth-order valence-electron chi connectivity index (χ4n) is 2.99. The van der Waals surface area contributed by atoms with Crippen molar-refractivity contribution in [2.45, 2.75) is 25.6 Å². The van der Waals surface area contributed by atoms with E-state index in [-0.39, 0.29) is 5.92 Å². The molecule has 0 spiro atoms. The van der Waals surface area contributed by atoms with E-state index in [1.165, 1.54) is 5.56 Å². The van der Waals surface area contributed by atoms with Gasteiger partial charge in [-0.05, 0) is 41.6 Å². The van der Waals surface area contributed by atoms with Crippen molar-refractivity contribution < 1.29 is 19.2 Å². The molecule has 1 N–H and O–H groups in total. The maximum atomic E-state index is 9.57. The lowest BCUT2D eigenvalue weighted by Crippen LogP contribution is -2.07. The van der Waals surface area contributed by atoms with Crippen LogP contribution in [0, 0.1) is 0 Å². The van der Waals surface area contributed by atoms with Crippen LogP contribution in [-0.2, 0) is 4.65 Å². The minimum atomic E-state index is -0.645. The Labute approximate surface area is 143 Å². The number of ether oxygens (including phenoxy) is 2. The Balaban J connectivity index is 1.88. The molecule has 4 nitrogen and oxygen atoms in total. The molecule has 0 radical (unpaired) electrons. The lowest BCUT2D eigenvalue weighted by molar-refractivity contribution is 0.292. The first-order valence-electron chi connectivity index (χ1n) is 8.42. The summed E-state index contributed by atoms with van der Waals surface area (Å²) in [6.07, 6.45) is 1.60. The number of methoxy groups -OCH3 is 1. The van der Waals surface area contributed by atoms with E-state index in [4.69, 9.17) is 14.1 Å². The summed E-state index contributed by atoms with van der Waals surface area (Å²) in [4.78, 5) is 0. The zero-order valence-electron chi connectivity index (χ0n) is 14.2. The SMILES string of the molecule is CCCOc1cc(-c2cccc([C@@H]3COB(O)C3)c2)ccc1OC. The first-order valence-corrected chi connectivity index (χ1v) is 8.42. The standard InChI is InChI=1S/C19H23BO4/c1-3-9-23-19-11-16(7-8-18(19)22-2)14-5-4-6-15(10-14)17-12-20(21)24-13-17/h4-8,10-11,17,21H,3,9,12-13H2,1-2H3/t17-/m0/s1. The molecule has 0 unspecified atom stereocenters. The second kappa shape index (κ2) is 7.73. The van der Waals surface area contributed by atoms with E-state index in [1.807, 2.05) is 24.3 Å². The number of hydrogen-bond acceptors (Lipinski definition) is 4. The van der Waals surface area contributed by atoms with Gasteiger partial charge in [-0.1, -0.05) is 37.3 Å². The highest BCUT2D eigenvalue weighted by atomic mass is 16.5. The third kappa shape index (κ3) is 3.74. The van der Waals surface area contributed by atoms with E-state index >= 15 is 0 Å². The van der Waals surface area contributed by atoms with Crippen molar-refractivity contribution in [2.75, 3.05) is 20.3 Å². The van der Waals surface area contributed by atoms with Crippen molar-refractivity contribution >= 4 is 7.12 Å². The van der Waals surface area contributed by atoms with Crippen LogP contribution >= 0.6 is 0 Å². The molecule has 1 heterocycles. The fraction of sp³-hybridized carbons (Fsp3) is 0.368. The third-order valence-electron chi connectivity index (χ3n) is 4.29. The second-order valence-corrected chi connectivity index (χ2v) is 6.06. The summed E-state index contributed by atoms with van der Waals surface area (Å²) >= 11 is 0. The van der Waals surface area contributed by atoms with Crippen molar-refractivity contribution in [2.24, 2.45) is 0 Å². The molecule has 0 saturated carbocycles. The summed E-state index contributed by atoms with van der Waals surface area (Å²) < 4.78 is 16.5. The molecule has 0 aliphatic carbocycles. The molecule has 0 bridgehead atoms. The molecule has 1 aliphatic rings. The molecule has 24 heavy (non-hydrogen) atoms. The normalized spacial score (nSPS) is 17.1. The van der Waals surface area contributed by atoms with Crippen LogP contribution in [0.3, 0.4) is 0 Å². The van der Waals surface area contributed by atoms with Crippen LogP contribution in [0.2, 0.25) is 6.32 Å². The first kappa shape index (κ1) is 16.9. The average Bonchev–Trinajstić information content (AvgIpc) is 3.06. The Hall–Kier alpha value is -1.98. The second-order valence-electron chi connectivity index (χ2n) is 6.06. The van der Waals surface area contributed by atoms with Gasteiger partial charge in [-0.2, -0.15) is 0 Å². The van der Waals surface area contributed by atoms with E-state index in [1.54, 1.807) is 7.11 Å². The number of hydrogen-bond donors (Lipinski definition) is 1. The minimum absolute atomic E-state index is 0.244. The highest BCUT2D eigenvalue weighted by molar-refractivity contribution is 6.43. The maximum Gasteiger partial charge on any atom is 0.454 e. The molecule has 1 fully saturated rings. The number of benzene rings is 2. The number of rotatable bonds is 6. The van der Waals surface area contributed by atoms with Crippen molar-refractivity contribution in [3.05, 3.63) is 48.0 Å². The van der Waals surface area contributed by atoms with Gasteiger partial charge in [0, 0.05) is 12.5 Å². The Bertz CT molecular complexity index is 689. The van der Waals surface area contributed by atoms with Crippen LogP contribution in [0.15, 0.2) is 42.5 Å².